The summed E-state index contributed by atoms with van der Waals surface area (Å²) in [6.07, 6.45) is 0. The van der Waals surface area contributed by atoms with Crippen molar-refractivity contribution in [1.29, 1.82) is 0 Å². The number of sulfonamides is 1. The molecule has 1 aliphatic heterocycles. The van der Waals surface area contributed by atoms with Gasteiger partial charge in [0.15, 0.2) is 11.6 Å². The first-order valence-corrected chi connectivity index (χ1v) is 8.60. The summed E-state index contributed by atoms with van der Waals surface area (Å²) >= 11 is 1.72. The van der Waals surface area contributed by atoms with Crippen LogP contribution in [0.5, 0.6) is 5.75 Å². The zero-order chi connectivity index (χ0) is 14.9. The molecule has 1 heterocycles. The number of halogens is 1. The zero-order valence-electron chi connectivity index (χ0n) is 11.3. The van der Waals surface area contributed by atoms with Crippen LogP contribution in [0.1, 0.15) is 6.92 Å². The summed E-state index contributed by atoms with van der Waals surface area (Å²) < 4.78 is 44.9. The molecule has 0 aromatic heterocycles. The molecule has 2 N–H and O–H groups in total. The van der Waals surface area contributed by atoms with Gasteiger partial charge in [-0.15, -0.1) is 0 Å². The molecule has 8 heteroatoms. The van der Waals surface area contributed by atoms with E-state index in [2.05, 4.69) is 0 Å². The SMILES string of the molecule is COc1c(N)cc(S(=O)(=O)N2CCSC(C)C2)cc1F. The molecular formula is C12H17FN2O3S2. The highest BCUT2D eigenvalue weighted by Crippen LogP contribution is 2.31. The molecule has 0 aliphatic carbocycles. The molecule has 1 aromatic rings. The molecule has 0 saturated carbocycles. The van der Waals surface area contributed by atoms with E-state index in [0.29, 0.717) is 13.1 Å². The van der Waals surface area contributed by atoms with Crippen molar-refractivity contribution in [2.45, 2.75) is 17.1 Å². The lowest BCUT2D eigenvalue weighted by atomic mass is 10.3. The third kappa shape index (κ3) is 2.87. The molecule has 0 radical (unpaired) electrons. The van der Waals surface area contributed by atoms with Gasteiger partial charge in [-0.3, -0.25) is 0 Å². The minimum atomic E-state index is -3.72. The zero-order valence-corrected chi connectivity index (χ0v) is 12.9. The number of nitrogens with two attached hydrogens (primary N) is 1. The molecule has 2 rings (SSSR count). The third-order valence-corrected chi connectivity index (χ3v) is 6.07. The Hall–Kier alpha value is -0.990. The van der Waals surface area contributed by atoms with Crippen LogP contribution in [0.4, 0.5) is 10.1 Å². The number of nitrogen functional groups attached to an aromatic ring is 1. The average Bonchev–Trinajstić information content (AvgIpc) is 2.38. The lowest BCUT2D eigenvalue weighted by molar-refractivity contribution is 0.387. The van der Waals surface area contributed by atoms with Crippen molar-refractivity contribution < 1.29 is 17.5 Å². The molecule has 1 fully saturated rings. The molecule has 0 bridgehead atoms. The number of anilines is 1. The maximum atomic E-state index is 13.8. The molecule has 0 amide bonds. The van der Waals surface area contributed by atoms with Gasteiger partial charge in [-0.1, -0.05) is 6.92 Å². The number of rotatable bonds is 3. The molecule has 112 valence electrons. The highest BCUT2D eigenvalue weighted by atomic mass is 32.2. The Bertz CT molecular complexity index is 584. The van der Waals surface area contributed by atoms with Gasteiger partial charge in [-0.25, -0.2) is 12.8 Å². The van der Waals surface area contributed by atoms with Gasteiger partial charge < -0.3 is 10.5 Å². The largest absolute Gasteiger partial charge is 0.492 e. The van der Waals surface area contributed by atoms with Gasteiger partial charge in [0.05, 0.1) is 17.7 Å². The van der Waals surface area contributed by atoms with Gasteiger partial charge in [0.2, 0.25) is 10.0 Å². The fourth-order valence-electron chi connectivity index (χ4n) is 2.11. The lowest BCUT2D eigenvalue weighted by Crippen LogP contribution is -2.41. The summed E-state index contributed by atoms with van der Waals surface area (Å²) in [4.78, 5) is -0.132. The van der Waals surface area contributed by atoms with E-state index in [1.165, 1.54) is 17.5 Å². The van der Waals surface area contributed by atoms with E-state index in [9.17, 15) is 12.8 Å². The molecule has 1 saturated heterocycles. The van der Waals surface area contributed by atoms with Gasteiger partial charge in [-0.2, -0.15) is 16.1 Å². The minimum Gasteiger partial charge on any atom is -0.492 e. The predicted octanol–water partition coefficient (Wildman–Crippen LogP) is 1.54. The van der Waals surface area contributed by atoms with Crippen LogP contribution in [0.25, 0.3) is 0 Å². The summed E-state index contributed by atoms with van der Waals surface area (Å²) in [6.45, 7) is 2.81. The van der Waals surface area contributed by atoms with E-state index in [0.717, 1.165) is 11.8 Å². The minimum absolute atomic E-state index is 0.0227. The number of hydrogen-bond acceptors (Lipinski definition) is 5. The van der Waals surface area contributed by atoms with Gasteiger partial charge in [0.1, 0.15) is 0 Å². The standard InChI is InChI=1S/C12H17FN2O3S2/c1-8-7-15(3-4-19-8)20(16,17)9-5-10(13)12(18-2)11(14)6-9/h5-6,8H,3-4,7,14H2,1-2H3. The Balaban J connectivity index is 2.39. The van der Waals surface area contributed by atoms with Crippen LogP contribution in [0.2, 0.25) is 0 Å². The molecule has 0 spiro atoms. The summed E-state index contributed by atoms with van der Waals surface area (Å²) in [7, 11) is -2.44. The second-order valence-electron chi connectivity index (χ2n) is 4.57. The summed E-state index contributed by atoms with van der Waals surface area (Å²) in [5.74, 6) is -0.175. The Labute approximate surface area is 122 Å². The fraction of sp³-hybridized carbons (Fsp3) is 0.500. The smallest absolute Gasteiger partial charge is 0.243 e. The Morgan fingerprint density at radius 1 is 1.50 bits per heavy atom. The Morgan fingerprint density at radius 3 is 2.75 bits per heavy atom. The number of hydrogen-bond donors (Lipinski definition) is 1. The molecule has 1 atom stereocenters. The molecule has 1 aliphatic rings. The predicted molar refractivity (Wildman–Crippen MR) is 78.0 cm³/mol. The number of ether oxygens (including phenoxy) is 1. The first kappa shape index (κ1) is 15.4. The molecule has 20 heavy (non-hydrogen) atoms. The van der Waals surface area contributed by atoms with E-state index >= 15 is 0 Å². The third-order valence-electron chi connectivity index (χ3n) is 3.09. The quantitative estimate of drug-likeness (QED) is 0.855. The van der Waals surface area contributed by atoms with Crippen molar-refractivity contribution in [1.82, 2.24) is 4.31 Å². The van der Waals surface area contributed by atoms with Crippen LogP contribution in [0.15, 0.2) is 17.0 Å². The van der Waals surface area contributed by atoms with E-state index in [4.69, 9.17) is 10.5 Å². The normalized spacial score (nSPS) is 20.9. The van der Waals surface area contributed by atoms with Crippen LogP contribution in [0.3, 0.4) is 0 Å². The average molecular weight is 320 g/mol. The van der Waals surface area contributed by atoms with Crippen LogP contribution < -0.4 is 10.5 Å². The Morgan fingerprint density at radius 2 is 2.20 bits per heavy atom. The van der Waals surface area contributed by atoms with Crippen LogP contribution >= 0.6 is 11.8 Å². The monoisotopic (exact) mass is 320 g/mol. The van der Waals surface area contributed by atoms with Crippen molar-refractivity contribution >= 4 is 27.5 Å². The first-order chi connectivity index (χ1) is 9.36. The molecule has 5 nitrogen and oxygen atoms in total. The van der Waals surface area contributed by atoms with Gasteiger partial charge in [-0.05, 0) is 12.1 Å². The summed E-state index contributed by atoms with van der Waals surface area (Å²) in [5.41, 5.74) is 5.61. The number of nitrogens with zero attached hydrogens (tertiary/aromatic N) is 1. The maximum absolute atomic E-state index is 13.8. The first-order valence-electron chi connectivity index (χ1n) is 6.11. The van der Waals surface area contributed by atoms with Crippen LogP contribution in [-0.4, -0.2) is 43.9 Å². The molecule has 1 unspecified atom stereocenters. The molecule has 1 aromatic carbocycles. The van der Waals surface area contributed by atoms with Crippen LogP contribution in [-0.2, 0) is 10.0 Å². The fourth-order valence-corrected chi connectivity index (χ4v) is 4.91. The van der Waals surface area contributed by atoms with E-state index in [-0.39, 0.29) is 21.6 Å². The second kappa shape index (κ2) is 5.79. The van der Waals surface area contributed by atoms with Crippen molar-refractivity contribution in [3.63, 3.8) is 0 Å². The Kier molecular flexibility index (Phi) is 4.46. The highest BCUT2D eigenvalue weighted by Gasteiger charge is 2.30. The highest BCUT2D eigenvalue weighted by molar-refractivity contribution is 8.00. The summed E-state index contributed by atoms with van der Waals surface area (Å²) in [5, 5.41) is 0.221. The number of benzene rings is 1. The van der Waals surface area contributed by atoms with Crippen molar-refractivity contribution in [3.05, 3.63) is 17.9 Å². The molecular weight excluding hydrogens is 303 g/mol. The maximum Gasteiger partial charge on any atom is 0.243 e. The van der Waals surface area contributed by atoms with Crippen molar-refractivity contribution in [2.75, 3.05) is 31.7 Å². The van der Waals surface area contributed by atoms with Crippen molar-refractivity contribution in [3.8, 4) is 5.75 Å². The van der Waals surface area contributed by atoms with E-state index < -0.39 is 15.8 Å². The van der Waals surface area contributed by atoms with Gasteiger partial charge in [0.25, 0.3) is 0 Å². The van der Waals surface area contributed by atoms with Gasteiger partial charge >= 0.3 is 0 Å². The van der Waals surface area contributed by atoms with Crippen LogP contribution in [0, 0.1) is 5.82 Å². The summed E-state index contributed by atoms with van der Waals surface area (Å²) in [6, 6.07) is 2.20. The van der Waals surface area contributed by atoms with E-state index in [1.807, 2.05) is 6.92 Å². The number of methoxy groups -OCH3 is 1. The second-order valence-corrected chi connectivity index (χ2v) is 8.06. The van der Waals surface area contributed by atoms with Gasteiger partial charge in [0, 0.05) is 24.1 Å². The number of thioether (sulfide) groups is 1. The topological polar surface area (TPSA) is 72.6 Å². The lowest BCUT2D eigenvalue weighted by Gasteiger charge is -2.29. The van der Waals surface area contributed by atoms with Crippen molar-refractivity contribution in [2.24, 2.45) is 0 Å². The van der Waals surface area contributed by atoms with E-state index in [1.54, 1.807) is 11.8 Å².